The van der Waals surface area contributed by atoms with E-state index in [1.807, 2.05) is 18.2 Å². The van der Waals surface area contributed by atoms with Crippen LogP contribution in [0.5, 0.6) is 0 Å². The highest BCUT2D eigenvalue weighted by molar-refractivity contribution is 7.98. The highest BCUT2D eigenvalue weighted by Gasteiger charge is 2.11. The van der Waals surface area contributed by atoms with Crippen LogP contribution >= 0.6 is 11.8 Å². The van der Waals surface area contributed by atoms with Gasteiger partial charge in [-0.2, -0.15) is 11.8 Å². The molecule has 0 saturated heterocycles. The predicted octanol–water partition coefficient (Wildman–Crippen LogP) is 1.68. The van der Waals surface area contributed by atoms with E-state index < -0.39 is 4.92 Å². The van der Waals surface area contributed by atoms with Gasteiger partial charge in [-0.05, 0) is 12.3 Å². The summed E-state index contributed by atoms with van der Waals surface area (Å²) in [5.74, 6) is 6.26. The molecule has 0 spiro atoms. The molecule has 0 fully saturated rings. The van der Waals surface area contributed by atoms with E-state index >= 15 is 0 Å². The minimum Gasteiger partial charge on any atom is -0.374 e. The third-order valence-corrected chi connectivity index (χ3v) is 2.94. The quantitative estimate of drug-likeness (QED) is 0.457. The molecule has 3 N–H and O–H groups in total. The minimum absolute atomic E-state index is 0.0338. The highest BCUT2D eigenvalue weighted by atomic mass is 32.2. The molecule has 0 aliphatic carbocycles. The molecule has 0 unspecified atom stereocenters. The number of hydrogen-bond acceptors (Lipinski definition) is 6. The van der Waals surface area contributed by atoms with Crippen LogP contribution in [0, 0.1) is 10.1 Å². The number of nitrogens with one attached hydrogen (secondary N) is 1. The first-order valence-electron chi connectivity index (χ1n) is 5.04. The number of non-ortho nitro benzene ring substituents is 1. The Morgan fingerprint density at radius 1 is 1.53 bits per heavy atom. The van der Waals surface area contributed by atoms with E-state index in [-0.39, 0.29) is 5.69 Å². The van der Waals surface area contributed by atoms with Crippen molar-refractivity contribution in [3.8, 4) is 0 Å². The maximum absolute atomic E-state index is 10.8. The molecule has 1 aromatic carbocycles. The van der Waals surface area contributed by atoms with Crippen LogP contribution < -0.4 is 16.2 Å². The van der Waals surface area contributed by atoms with Crippen LogP contribution in [0.4, 0.5) is 17.1 Å². The summed E-state index contributed by atoms with van der Waals surface area (Å²) in [7, 11) is 1.90. The summed E-state index contributed by atoms with van der Waals surface area (Å²) in [6.45, 7) is 0.826. The zero-order valence-electron chi connectivity index (χ0n) is 9.84. The summed E-state index contributed by atoms with van der Waals surface area (Å²) < 4.78 is 0. The number of anilines is 2. The molecule has 17 heavy (non-hydrogen) atoms. The fourth-order valence-electron chi connectivity index (χ4n) is 1.36. The first-order valence-corrected chi connectivity index (χ1v) is 6.44. The number of nitro benzene ring substituents is 1. The summed E-state index contributed by atoms with van der Waals surface area (Å²) in [5.41, 5.74) is 3.78. The van der Waals surface area contributed by atoms with Gasteiger partial charge in [0.05, 0.1) is 10.6 Å². The number of nitrogen functional groups attached to an aromatic ring is 1. The van der Waals surface area contributed by atoms with Crippen molar-refractivity contribution in [2.24, 2.45) is 5.84 Å². The number of nitro groups is 1. The SMILES string of the molecule is CSCCN(C)c1cc(NN)cc([N+](=O)[O-])c1. The van der Waals surface area contributed by atoms with Crippen LogP contribution in [0.1, 0.15) is 0 Å². The van der Waals surface area contributed by atoms with Crippen molar-refractivity contribution in [2.75, 3.05) is 35.9 Å². The van der Waals surface area contributed by atoms with Gasteiger partial charge < -0.3 is 10.3 Å². The number of nitrogens with two attached hydrogens (primary N) is 1. The maximum atomic E-state index is 10.8. The van der Waals surface area contributed by atoms with Crippen molar-refractivity contribution in [2.45, 2.75) is 0 Å². The Morgan fingerprint density at radius 3 is 2.76 bits per heavy atom. The normalized spacial score (nSPS) is 10.1. The molecule has 94 valence electrons. The fraction of sp³-hybridized carbons (Fsp3) is 0.400. The van der Waals surface area contributed by atoms with Crippen molar-refractivity contribution in [3.05, 3.63) is 28.3 Å². The Morgan fingerprint density at radius 2 is 2.24 bits per heavy atom. The van der Waals surface area contributed by atoms with Crippen molar-refractivity contribution in [1.82, 2.24) is 0 Å². The van der Waals surface area contributed by atoms with Gasteiger partial charge in [0.1, 0.15) is 0 Å². The second-order valence-electron chi connectivity index (χ2n) is 3.55. The van der Waals surface area contributed by atoms with Gasteiger partial charge in [-0.1, -0.05) is 0 Å². The third kappa shape index (κ3) is 3.79. The highest BCUT2D eigenvalue weighted by Crippen LogP contribution is 2.25. The van der Waals surface area contributed by atoms with E-state index in [1.165, 1.54) is 6.07 Å². The molecule has 1 rings (SSSR count). The fourth-order valence-corrected chi connectivity index (χ4v) is 1.82. The Balaban J connectivity index is 2.97. The molecule has 0 saturated carbocycles. The number of rotatable bonds is 6. The molecule has 1 aromatic rings. The van der Waals surface area contributed by atoms with Gasteiger partial charge in [0.25, 0.3) is 5.69 Å². The van der Waals surface area contributed by atoms with Crippen LogP contribution in [-0.2, 0) is 0 Å². The van der Waals surface area contributed by atoms with Crippen molar-refractivity contribution in [1.29, 1.82) is 0 Å². The van der Waals surface area contributed by atoms with Crippen LogP contribution in [0.2, 0.25) is 0 Å². The van der Waals surface area contributed by atoms with E-state index in [0.717, 1.165) is 18.0 Å². The van der Waals surface area contributed by atoms with Gasteiger partial charge in [-0.15, -0.1) is 0 Å². The van der Waals surface area contributed by atoms with E-state index in [9.17, 15) is 10.1 Å². The van der Waals surface area contributed by atoms with Crippen molar-refractivity contribution < 1.29 is 4.92 Å². The topological polar surface area (TPSA) is 84.4 Å². The smallest absolute Gasteiger partial charge is 0.273 e. The van der Waals surface area contributed by atoms with Gasteiger partial charge in [0, 0.05) is 37.2 Å². The monoisotopic (exact) mass is 256 g/mol. The summed E-state index contributed by atoms with van der Waals surface area (Å²) in [6.07, 6.45) is 2.02. The molecule has 0 amide bonds. The van der Waals surface area contributed by atoms with Crippen LogP contribution in [0.15, 0.2) is 18.2 Å². The molecular weight excluding hydrogens is 240 g/mol. The van der Waals surface area contributed by atoms with E-state index in [1.54, 1.807) is 23.9 Å². The molecule has 0 aliphatic heterocycles. The molecular formula is C10H16N4O2S. The minimum atomic E-state index is -0.424. The molecule has 0 radical (unpaired) electrons. The second kappa shape index (κ2) is 6.31. The predicted molar refractivity (Wildman–Crippen MR) is 72.6 cm³/mol. The molecule has 7 heteroatoms. The van der Waals surface area contributed by atoms with Crippen molar-refractivity contribution in [3.63, 3.8) is 0 Å². The maximum Gasteiger partial charge on any atom is 0.273 e. The summed E-state index contributed by atoms with van der Waals surface area (Å²) in [6, 6.07) is 4.74. The molecule has 0 bridgehead atoms. The summed E-state index contributed by atoms with van der Waals surface area (Å²) >= 11 is 1.73. The van der Waals surface area contributed by atoms with Crippen LogP contribution in [0.3, 0.4) is 0 Å². The number of benzene rings is 1. The average Bonchev–Trinajstić information content (AvgIpc) is 2.35. The standard InChI is InChI=1S/C10H16N4O2S/c1-13(3-4-17-2)9-5-8(12-11)6-10(7-9)14(15)16/h5-7,12H,3-4,11H2,1-2H3. The van der Waals surface area contributed by atoms with E-state index in [2.05, 4.69) is 5.43 Å². The average molecular weight is 256 g/mol. The molecule has 0 heterocycles. The summed E-state index contributed by atoms with van der Waals surface area (Å²) in [5, 5.41) is 10.8. The Bertz CT molecular complexity index is 400. The van der Waals surface area contributed by atoms with Crippen molar-refractivity contribution >= 4 is 28.8 Å². The Labute approximate surface area is 104 Å². The number of hydrazine groups is 1. The Hall–Kier alpha value is -1.47. The lowest BCUT2D eigenvalue weighted by Gasteiger charge is -2.19. The lowest BCUT2D eigenvalue weighted by atomic mass is 10.2. The zero-order valence-corrected chi connectivity index (χ0v) is 10.7. The van der Waals surface area contributed by atoms with Crippen LogP contribution in [-0.4, -0.2) is 30.5 Å². The van der Waals surface area contributed by atoms with Gasteiger partial charge >= 0.3 is 0 Å². The third-order valence-electron chi connectivity index (χ3n) is 2.35. The van der Waals surface area contributed by atoms with Gasteiger partial charge in [-0.25, -0.2) is 0 Å². The number of hydrogen-bond donors (Lipinski definition) is 2. The van der Waals surface area contributed by atoms with Gasteiger partial charge in [0.2, 0.25) is 0 Å². The molecule has 0 aliphatic rings. The number of thioether (sulfide) groups is 1. The summed E-state index contributed by atoms with van der Waals surface area (Å²) in [4.78, 5) is 12.3. The molecule has 0 aromatic heterocycles. The molecule has 6 nitrogen and oxygen atoms in total. The molecule has 0 atom stereocenters. The largest absolute Gasteiger partial charge is 0.374 e. The first kappa shape index (κ1) is 13.6. The second-order valence-corrected chi connectivity index (χ2v) is 4.54. The first-order chi connectivity index (χ1) is 8.08. The zero-order chi connectivity index (χ0) is 12.8. The van der Waals surface area contributed by atoms with E-state index in [4.69, 9.17) is 5.84 Å². The Kier molecular flexibility index (Phi) is 5.05. The van der Waals surface area contributed by atoms with Crippen LogP contribution in [0.25, 0.3) is 0 Å². The van der Waals surface area contributed by atoms with Gasteiger partial charge in [-0.3, -0.25) is 16.0 Å². The lowest BCUT2D eigenvalue weighted by molar-refractivity contribution is -0.384. The van der Waals surface area contributed by atoms with Gasteiger partial charge in [0.15, 0.2) is 0 Å². The lowest BCUT2D eigenvalue weighted by Crippen LogP contribution is -2.20. The van der Waals surface area contributed by atoms with E-state index in [0.29, 0.717) is 5.69 Å². The number of nitrogens with zero attached hydrogens (tertiary/aromatic N) is 2.